The van der Waals surface area contributed by atoms with Crippen molar-refractivity contribution in [2.24, 2.45) is 11.1 Å². The van der Waals surface area contributed by atoms with Crippen molar-refractivity contribution in [1.29, 1.82) is 0 Å². The second-order valence-corrected chi connectivity index (χ2v) is 6.23. The number of benzene rings is 1. The topological polar surface area (TPSA) is 26.0 Å². The summed E-state index contributed by atoms with van der Waals surface area (Å²) in [6.07, 6.45) is 9.60. The van der Waals surface area contributed by atoms with E-state index in [9.17, 15) is 0 Å². The number of hydrogen-bond donors (Lipinski definition) is 1. The summed E-state index contributed by atoms with van der Waals surface area (Å²) in [5, 5.41) is 0. The largest absolute Gasteiger partial charge is 0.330 e. The van der Waals surface area contributed by atoms with E-state index in [1.165, 1.54) is 44.9 Å². The van der Waals surface area contributed by atoms with Gasteiger partial charge < -0.3 is 5.73 Å². The van der Waals surface area contributed by atoms with E-state index in [0.29, 0.717) is 10.8 Å². The molecule has 0 heterocycles. The highest BCUT2D eigenvalue weighted by molar-refractivity contribution is 5.28. The zero-order valence-corrected chi connectivity index (χ0v) is 10.6. The van der Waals surface area contributed by atoms with Crippen LogP contribution in [0.3, 0.4) is 0 Å². The Bertz CT molecular complexity index is 372. The second-order valence-electron chi connectivity index (χ2n) is 6.23. The van der Waals surface area contributed by atoms with Gasteiger partial charge in [-0.05, 0) is 55.0 Å². The highest BCUT2D eigenvalue weighted by atomic mass is 14.7. The normalized spacial score (nSPS) is 24.8. The minimum absolute atomic E-state index is 0.455. The minimum Gasteiger partial charge on any atom is -0.330 e. The fourth-order valence-corrected chi connectivity index (χ4v) is 3.76. The first-order chi connectivity index (χ1) is 8.29. The van der Waals surface area contributed by atoms with Gasteiger partial charge in [-0.2, -0.15) is 0 Å². The molecule has 2 aliphatic carbocycles. The first-order valence-corrected chi connectivity index (χ1v) is 7.04. The van der Waals surface area contributed by atoms with Crippen molar-refractivity contribution >= 4 is 0 Å². The molecule has 2 fully saturated rings. The third-order valence-electron chi connectivity index (χ3n) is 5.05. The fourth-order valence-electron chi connectivity index (χ4n) is 3.76. The van der Waals surface area contributed by atoms with Crippen LogP contribution in [0.15, 0.2) is 30.3 Å². The molecule has 2 saturated carbocycles. The van der Waals surface area contributed by atoms with Crippen molar-refractivity contribution in [3.8, 4) is 0 Å². The van der Waals surface area contributed by atoms with Crippen LogP contribution in [0, 0.1) is 5.41 Å². The molecule has 17 heavy (non-hydrogen) atoms. The lowest BCUT2D eigenvalue weighted by molar-refractivity contribution is 0.306. The average Bonchev–Trinajstić information content (AvgIpc) is 2.99. The molecule has 0 unspecified atom stereocenters. The monoisotopic (exact) mass is 229 g/mol. The van der Waals surface area contributed by atoms with Crippen molar-refractivity contribution < 1.29 is 0 Å². The van der Waals surface area contributed by atoms with Crippen LogP contribution in [-0.2, 0) is 5.41 Å². The van der Waals surface area contributed by atoms with Crippen LogP contribution >= 0.6 is 0 Å². The summed E-state index contributed by atoms with van der Waals surface area (Å²) >= 11 is 0. The molecule has 0 saturated heterocycles. The minimum atomic E-state index is 0.455. The van der Waals surface area contributed by atoms with Gasteiger partial charge in [0.1, 0.15) is 0 Å². The standard InChI is InChI=1S/C16H23N/c17-13-15(10-11-15)12-16(8-4-5-9-16)14-6-2-1-3-7-14/h1-3,6-7H,4-5,8-13,17H2. The van der Waals surface area contributed by atoms with E-state index in [-0.39, 0.29) is 0 Å². The molecule has 0 atom stereocenters. The van der Waals surface area contributed by atoms with E-state index in [2.05, 4.69) is 30.3 Å². The van der Waals surface area contributed by atoms with Gasteiger partial charge in [0.2, 0.25) is 0 Å². The Hall–Kier alpha value is -0.820. The van der Waals surface area contributed by atoms with E-state index < -0.39 is 0 Å². The summed E-state index contributed by atoms with van der Waals surface area (Å²) in [4.78, 5) is 0. The zero-order chi connectivity index (χ0) is 11.8. The van der Waals surface area contributed by atoms with Crippen molar-refractivity contribution in [2.75, 3.05) is 6.54 Å². The molecule has 2 aliphatic rings. The maximum absolute atomic E-state index is 5.98. The molecule has 3 rings (SSSR count). The van der Waals surface area contributed by atoms with E-state index in [4.69, 9.17) is 5.73 Å². The molecule has 1 heteroatoms. The summed E-state index contributed by atoms with van der Waals surface area (Å²) in [5.41, 5.74) is 8.51. The second kappa shape index (κ2) is 4.13. The van der Waals surface area contributed by atoms with Gasteiger partial charge in [-0.15, -0.1) is 0 Å². The van der Waals surface area contributed by atoms with Gasteiger partial charge in [0.05, 0.1) is 0 Å². The Morgan fingerprint density at radius 2 is 1.59 bits per heavy atom. The molecule has 1 aromatic rings. The van der Waals surface area contributed by atoms with E-state index >= 15 is 0 Å². The van der Waals surface area contributed by atoms with Crippen LogP contribution in [0.25, 0.3) is 0 Å². The summed E-state index contributed by atoms with van der Waals surface area (Å²) in [6, 6.07) is 11.2. The molecule has 2 N–H and O–H groups in total. The zero-order valence-electron chi connectivity index (χ0n) is 10.6. The number of rotatable bonds is 4. The van der Waals surface area contributed by atoms with Crippen LogP contribution in [0.1, 0.15) is 50.5 Å². The van der Waals surface area contributed by atoms with Gasteiger partial charge >= 0.3 is 0 Å². The van der Waals surface area contributed by atoms with Gasteiger partial charge in [0.15, 0.2) is 0 Å². The summed E-state index contributed by atoms with van der Waals surface area (Å²) in [5.74, 6) is 0. The molecule has 0 radical (unpaired) electrons. The summed E-state index contributed by atoms with van der Waals surface area (Å²) < 4.78 is 0. The molecule has 92 valence electrons. The molecule has 1 nitrogen and oxygen atoms in total. The third-order valence-corrected chi connectivity index (χ3v) is 5.05. The molecular weight excluding hydrogens is 206 g/mol. The third kappa shape index (κ3) is 2.01. The molecule has 0 amide bonds. The van der Waals surface area contributed by atoms with Crippen LogP contribution in [0.2, 0.25) is 0 Å². The van der Waals surface area contributed by atoms with E-state index in [1.807, 2.05) is 0 Å². The first kappa shape index (κ1) is 11.3. The van der Waals surface area contributed by atoms with Gasteiger partial charge in [0, 0.05) is 0 Å². The first-order valence-electron chi connectivity index (χ1n) is 7.04. The van der Waals surface area contributed by atoms with Gasteiger partial charge in [-0.1, -0.05) is 43.2 Å². The highest BCUT2D eigenvalue weighted by Crippen LogP contribution is 2.57. The van der Waals surface area contributed by atoms with Crippen LogP contribution in [0.5, 0.6) is 0 Å². The molecule has 0 bridgehead atoms. The quantitative estimate of drug-likeness (QED) is 0.838. The fraction of sp³-hybridized carbons (Fsp3) is 0.625. The molecular formula is C16H23N. The Balaban J connectivity index is 1.88. The van der Waals surface area contributed by atoms with E-state index in [1.54, 1.807) is 5.56 Å². The summed E-state index contributed by atoms with van der Waals surface area (Å²) in [6.45, 7) is 0.890. The van der Waals surface area contributed by atoms with Crippen molar-refractivity contribution in [2.45, 2.75) is 50.4 Å². The van der Waals surface area contributed by atoms with Crippen molar-refractivity contribution in [3.63, 3.8) is 0 Å². The maximum Gasteiger partial charge on any atom is -0.00202 e. The van der Waals surface area contributed by atoms with Gasteiger partial charge in [-0.3, -0.25) is 0 Å². The maximum atomic E-state index is 5.98. The lowest BCUT2D eigenvalue weighted by atomic mass is 9.71. The molecule has 1 aromatic carbocycles. The van der Waals surface area contributed by atoms with Crippen molar-refractivity contribution in [1.82, 2.24) is 0 Å². The predicted octanol–water partition coefficient (Wildman–Crippen LogP) is 3.63. The predicted molar refractivity (Wildman–Crippen MR) is 71.9 cm³/mol. The molecule has 0 aromatic heterocycles. The van der Waals surface area contributed by atoms with Crippen LogP contribution in [-0.4, -0.2) is 6.54 Å². The number of hydrogen-bond acceptors (Lipinski definition) is 1. The average molecular weight is 229 g/mol. The van der Waals surface area contributed by atoms with Gasteiger partial charge in [-0.25, -0.2) is 0 Å². The number of nitrogens with two attached hydrogens (primary N) is 1. The lowest BCUT2D eigenvalue weighted by Gasteiger charge is -2.33. The SMILES string of the molecule is NCC1(CC2(c3ccccc3)CCCC2)CC1. The van der Waals surface area contributed by atoms with E-state index in [0.717, 1.165) is 6.54 Å². The van der Waals surface area contributed by atoms with Crippen LogP contribution in [0.4, 0.5) is 0 Å². The summed E-state index contributed by atoms with van der Waals surface area (Å²) in [7, 11) is 0. The van der Waals surface area contributed by atoms with Gasteiger partial charge in [0.25, 0.3) is 0 Å². The lowest BCUT2D eigenvalue weighted by Crippen LogP contribution is -2.30. The Kier molecular flexibility index (Phi) is 2.74. The van der Waals surface area contributed by atoms with Crippen molar-refractivity contribution in [3.05, 3.63) is 35.9 Å². The Morgan fingerprint density at radius 3 is 2.12 bits per heavy atom. The Morgan fingerprint density at radius 1 is 0.941 bits per heavy atom. The van der Waals surface area contributed by atoms with Crippen LogP contribution < -0.4 is 5.73 Å². The molecule has 0 spiro atoms. The Labute approximate surface area is 104 Å². The smallest absolute Gasteiger partial charge is 0.00202 e. The highest BCUT2D eigenvalue weighted by Gasteiger charge is 2.49. The molecule has 0 aliphatic heterocycles.